The normalized spacial score (nSPS) is 10.5. The minimum Gasteiger partial charge on any atom is -0.504 e. The summed E-state index contributed by atoms with van der Waals surface area (Å²) in [5.74, 6) is 0.217. The van der Waals surface area contributed by atoms with Gasteiger partial charge in [-0.05, 0) is 17.7 Å². The summed E-state index contributed by atoms with van der Waals surface area (Å²) in [5.41, 5.74) is 0.825. The van der Waals surface area contributed by atoms with Crippen LogP contribution in [0.1, 0.15) is 5.56 Å². The molecule has 0 aliphatic rings. The van der Waals surface area contributed by atoms with Crippen molar-refractivity contribution in [1.29, 1.82) is 0 Å². The number of carbonyl (C=O) groups is 1. The van der Waals surface area contributed by atoms with E-state index in [4.69, 9.17) is 18.9 Å². The molecule has 7 nitrogen and oxygen atoms in total. The van der Waals surface area contributed by atoms with Crippen LogP contribution in [0.3, 0.4) is 0 Å². The zero-order valence-electron chi connectivity index (χ0n) is 13.0. The molecule has 1 rings (SSSR count). The van der Waals surface area contributed by atoms with E-state index in [9.17, 15) is 9.90 Å². The molecule has 0 heterocycles. The van der Waals surface area contributed by atoms with Crippen molar-refractivity contribution in [2.24, 2.45) is 0 Å². The Labute approximate surface area is 130 Å². The lowest BCUT2D eigenvalue weighted by molar-refractivity contribution is -0.126. The summed E-state index contributed by atoms with van der Waals surface area (Å²) in [5, 5.41) is 12.2. The Morgan fingerprint density at radius 1 is 1.14 bits per heavy atom. The van der Waals surface area contributed by atoms with Crippen LogP contribution in [-0.4, -0.2) is 58.3 Å². The molecule has 0 radical (unpaired) electrons. The maximum absolute atomic E-state index is 11.6. The Balaban J connectivity index is 2.15. The number of aromatic hydroxyl groups is 1. The van der Waals surface area contributed by atoms with Crippen LogP contribution in [0.5, 0.6) is 11.5 Å². The average Bonchev–Trinajstić information content (AvgIpc) is 2.53. The molecule has 0 spiro atoms. The molecule has 0 unspecified atom stereocenters. The van der Waals surface area contributed by atoms with Gasteiger partial charge in [-0.25, -0.2) is 0 Å². The monoisotopic (exact) mass is 313 g/mol. The number of rotatable bonds is 11. The Kier molecular flexibility index (Phi) is 8.97. The first-order valence-electron chi connectivity index (χ1n) is 6.94. The predicted molar refractivity (Wildman–Crippen MR) is 80.0 cm³/mol. The Morgan fingerprint density at radius 3 is 2.59 bits per heavy atom. The highest BCUT2D eigenvalue weighted by Crippen LogP contribution is 2.25. The Bertz CT molecular complexity index is 452. The highest BCUT2D eigenvalue weighted by molar-refractivity contribution is 5.77. The van der Waals surface area contributed by atoms with Crippen LogP contribution in [0.2, 0.25) is 0 Å². The minimum absolute atomic E-state index is 0.0249. The third kappa shape index (κ3) is 7.26. The first-order valence-corrected chi connectivity index (χ1v) is 6.94. The van der Waals surface area contributed by atoms with Gasteiger partial charge < -0.3 is 29.4 Å². The Hall–Kier alpha value is -1.83. The molecule has 1 amide bonds. The van der Waals surface area contributed by atoms with E-state index in [2.05, 4.69) is 5.32 Å². The van der Waals surface area contributed by atoms with E-state index in [0.29, 0.717) is 38.7 Å². The number of phenols is 1. The molecule has 1 aromatic rings. The lowest BCUT2D eigenvalue weighted by atomic mass is 10.2. The zero-order valence-corrected chi connectivity index (χ0v) is 13.0. The third-order valence-electron chi connectivity index (χ3n) is 2.77. The topological polar surface area (TPSA) is 86.3 Å². The van der Waals surface area contributed by atoms with Crippen LogP contribution in [0.4, 0.5) is 0 Å². The molecule has 7 heteroatoms. The summed E-state index contributed by atoms with van der Waals surface area (Å²) in [7, 11) is 3.08. The Morgan fingerprint density at radius 2 is 1.86 bits per heavy atom. The van der Waals surface area contributed by atoms with Crippen molar-refractivity contribution in [3.8, 4) is 11.5 Å². The molecule has 22 heavy (non-hydrogen) atoms. The second kappa shape index (κ2) is 10.8. The van der Waals surface area contributed by atoms with E-state index in [0.717, 1.165) is 5.56 Å². The number of phenolic OH excluding ortho intramolecular Hbond substituents is 1. The number of nitrogens with one attached hydrogen (secondary N) is 1. The van der Waals surface area contributed by atoms with Gasteiger partial charge in [-0.15, -0.1) is 0 Å². The number of ether oxygens (including phenoxy) is 4. The van der Waals surface area contributed by atoms with Gasteiger partial charge in [-0.3, -0.25) is 4.79 Å². The fourth-order valence-corrected chi connectivity index (χ4v) is 1.61. The molecular formula is C15H23NO6. The number of hydrogen-bond acceptors (Lipinski definition) is 6. The molecule has 0 saturated carbocycles. The van der Waals surface area contributed by atoms with E-state index in [-0.39, 0.29) is 18.3 Å². The van der Waals surface area contributed by atoms with Crippen molar-refractivity contribution < 1.29 is 28.8 Å². The summed E-state index contributed by atoms with van der Waals surface area (Å²) in [4.78, 5) is 11.6. The molecule has 1 aromatic carbocycles. The van der Waals surface area contributed by atoms with Gasteiger partial charge in [0.05, 0.1) is 33.5 Å². The van der Waals surface area contributed by atoms with E-state index in [1.54, 1.807) is 19.2 Å². The molecule has 0 aliphatic carbocycles. The maximum atomic E-state index is 11.6. The van der Waals surface area contributed by atoms with Gasteiger partial charge in [0.1, 0.15) is 6.61 Å². The zero-order chi connectivity index (χ0) is 16.2. The number of benzene rings is 1. The molecule has 124 valence electrons. The first kappa shape index (κ1) is 18.2. The maximum Gasteiger partial charge on any atom is 0.246 e. The second-order valence-electron chi connectivity index (χ2n) is 4.44. The summed E-state index contributed by atoms with van der Waals surface area (Å²) >= 11 is 0. The minimum atomic E-state index is -0.219. The van der Waals surface area contributed by atoms with Crippen molar-refractivity contribution in [3.05, 3.63) is 23.8 Å². The van der Waals surface area contributed by atoms with Crippen molar-refractivity contribution in [2.75, 3.05) is 47.3 Å². The van der Waals surface area contributed by atoms with Crippen LogP contribution in [0, 0.1) is 0 Å². The van der Waals surface area contributed by atoms with Gasteiger partial charge in [-0.2, -0.15) is 0 Å². The van der Waals surface area contributed by atoms with Gasteiger partial charge in [0, 0.05) is 13.7 Å². The van der Waals surface area contributed by atoms with Crippen LogP contribution in [0.15, 0.2) is 18.2 Å². The van der Waals surface area contributed by atoms with E-state index >= 15 is 0 Å². The SMILES string of the molecule is COCCOCCOCC(=O)NCc1ccc(O)c(OC)c1. The predicted octanol–water partition coefficient (Wildman–Crippen LogP) is 0.697. The summed E-state index contributed by atoms with van der Waals surface area (Å²) < 4.78 is 20.2. The summed E-state index contributed by atoms with van der Waals surface area (Å²) in [6, 6.07) is 4.90. The summed E-state index contributed by atoms with van der Waals surface area (Å²) in [6.45, 7) is 2.13. The number of methoxy groups -OCH3 is 2. The molecular weight excluding hydrogens is 290 g/mol. The highest BCUT2D eigenvalue weighted by atomic mass is 16.5. The van der Waals surface area contributed by atoms with Gasteiger partial charge in [0.15, 0.2) is 11.5 Å². The van der Waals surface area contributed by atoms with Gasteiger partial charge in [0.25, 0.3) is 0 Å². The van der Waals surface area contributed by atoms with Crippen LogP contribution >= 0.6 is 0 Å². The molecule has 2 N–H and O–H groups in total. The van der Waals surface area contributed by atoms with Crippen molar-refractivity contribution in [2.45, 2.75) is 6.54 Å². The lowest BCUT2D eigenvalue weighted by Crippen LogP contribution is -2.27. The molecule has 0 aliphatic heterocycles. The van der Waals surface area contributed by atoms with Crippen LogP contribution < -0.4 is 10.1 Å². The van der Waals surface area contributed by atoms with Gasteiger partial charge in [0.2, 0.25) is 5.91 Å². The number of carbonyl (C=O) groups excluding carboxylic acids is 1. The fraction of sp³-hybridized carbons (Fsp3) is 0.533. The molecule has 0 aromatic heterocycles. The van der Waals surface area contributed by atoms with E-state index in [1.807, 2.05) is 0 Å². The molecule has 0 atom stereocenters. The van der Waals surface area contributed by atoms with Crippen molar-refractivity contribution in [1.82, 2.24) is 5.32 Å². The smallest absolute Gasteiger partial charge is 0.246 e. The van der Waals surface area contributed by atoms with Crippen molar-refractivity contribution >= 4 is 5.91 Å². The lowest BCUT2D eigenvalue weighted by Gasteiger charge is -2.09. The second-order valence-corrected chi connectivity index (χ2v) is 4.44. The van der Waals surface area contributed by atoms with Gasteiger partial charge >= 0.3 is 0 Å². The number of amides is 1. The van der Waals surface area contributed by atoms with E-state index in [1.165, 1.54) is 13.2 Å². The van der Waals surface area contributed by atoms with Crippen LogP contribution in [-0.2, 0) is 25.5 Å². The molecule has 0 bridgehead atoms. The summed E-state index contributed by atoms with van der Waals surface area (Å²) in [6.07, 6.45) is 0. The molecule has 0 fully saturated rings. The van der Waals surface area contributed by atoms with Crippen molar-refractivity contribution in [3.63, 3.8) is 0 Å². The standard InChI is InChI=1S/C15H23NO6/c1-19-5-6-21-7-8-22-11-15(18)16-10-12-3-4-13(17)14(9-12)20-2/h3-4,9,17H,5-8,10-11H2,1-2H3,(H,16,18). The average molecular weight is 313 g/mol. The van der Waals surface area contributed by atoms with E-state index < -0.39 is 0 Å². The highest BCUT2D eigenvalue weighted by Gasteiger charge is 2.05. The number of hydrogen-bond donors (Lipinski definition) is 2. The third-order valence-corrected chi connectivity index (χ3v) is 2.77. The largest absolute Gasteiger partial charge is 0.504 e. The molecule has 0 saturated heterocycles. The fourth-order valence-electron chi connectivity index (χ4n) is 1.61. The van der Waals surface area contributed by atoms with Crippen LogP contribution in [0.25, 0.3) is 0 Å². The first-order chi connectivity index (χ1) is 10.7. The van der Waals surface area contributed by atoms with Gasteiger partial charge in [-0.1, -0.05) is 6.07 Å². The quantitative estimate of drug-likeness (QED) is 0.585.